The topological polar surface area (TPSA) is 127 Å². The Morgan fingerprint density at radius 1 is 0.933 bits per heavy atom. The standard InChI is InChI=1S/C20H19N3O6S/c1-30(26,27)23-15-7-5-6-14(12-15)19(24)21-22-20(25)18-11-10-17(29-18)13-28-16-8-3-2-4-9-16/h2-12,23H,13H2,1H3,(H,21,24)(H,22,25). The molecular formula is C20H19N3O6S. The number of nitrogens with one attached hydrogen (secondary N) is 3. The summed E-state index contributed by atoms with van der Waals surface area (Å²) < 4.78 is 35.8. The van der Waals surface area contributed by atoms with Gasteiger partial charge in [-0.15, -0.1) is 0 Å². The smallest absolute Gasteiger partial charge is 0.305 e. The molecule has 0 aliphatic heterocycles. The molecule has 0 fully saturated rings. The molecule has 3 N–H and O–H groups in total. The molecule has 2 aromatic carbocycles. The average molecular weight is 429 g/mol. The molecule has 0 aliphatic rings. The van der Waals surface area contributed by atoms with Gasteiger partial charge < -0.3 is 9.15 Å². The van der Waals surface area contributed by atoms with E-state index in [2.05, 4.69) is 15.6 Å². The molecule has 0 atom stereocenters. The number of rotatable bonds is 7. The highest BCUT2D eigenvalue weighted by Gasteiger charge is 2.14. The van der Waals surface area contributed by atoms with Crippen LogP contribution in [0.1, 0.15) is 26.7 Å². The zero-order valence-corrected chi connectivity index (χ0v) is 16.7. The van der Waals surface area contributed by atoms with Gasteiger partial charge in [-0.05, 0) is 42.5 Å². The molecule has 2 amide bonds. The van der Waals surface area contributed by atoms with Crippen molar-refractivity contribution in [2.45, 2.75) is 6.61 Å². The van der Waals surface area contributed by atoms with E-state index in [1.54, 1.807) is 18.2 Å². The highest BCUT2D eigenvalue weighted by atomic mass is 32.2. The van der Waals surface area contributed by atoms with Gasteiger partial charge in [-0.1, -0.05) is 24.3 Å². The van der Waals surface area contributed by atoms with E-state index < -0.39 is 21.8 Å². The fourth-order valence-corrected chi connectivity index (χ4v) is 2.99. The van der Waals surface area contributed by atoms with Crippen molar-refractivity contribution in [2.75, 3.05) is 11.0 Å². The fraction of sp³-hybridized carbons (Fsp3) is 0.100. The molecule has 1 heterocycles. The van der Waals surface area contributed by atoms with Gasteiger partial charge in [0.2, 0.25) is 10.0 Å². The van der Waals surface area contributed by atoms with Gasteiger partial charge in [0.15, 0.2) is 5.76 Å². The van der Waals surface area contributed by atoms with Crippen molar-refractivity contribution in [1.82, 2.24) is 10.9 Å². The monoisotopic (exact) mass is 429 g/mol. The largest absolute Gasteiger partial charge is 0.486 e. The van der Waals surface area contributed by atoms with E-state index >= 15 is 0 Å². The van der Waals surface area contributed by atoms with Crippen LogP contribution in [0.5, 0.6) is 5.75 Å². The number of carbonyl (C=O) groups is 2. The summed E-state index contributed by atoms with van der Waals surface area (Å²) >= 11 is 0. The molecule has 0 bridgehead atoms. The summed E-state index contributed by atoms with van der Waals surface area (Å²) in [5, 5.41) is 0. The maximum absolute atomic E-state index is 12.2. The van der Waals surface area contributed by atoms with Gasteiger partial charge in [0, 0.05) is 11.3 Å². The molecule has 0 saturated heterocycles. The Bertz CT molecular complexity index is 1140. The number of sulfonamides is 1. The maximum atomic E-state index is 12.2. The van der Waals surface area contributed by atoms with Crippen LogP contribution in [0.3, 0.4) is 0 Å². The number of carbonyl (C=O) groups excluding carboxylic acids is 2. The highest BCUT2D eigenvalue weighted by molar-refractivity contribution is 7.92. The molecule has 0 radical (unpaired) electrons. The second kappa shape index (κ2) is 9.14. The minimum Gasteiger partial charge on any atom is -0.486 e. The molecule has 0 spiro atoms. The number of hydrogen-bond donors (Lipinski definition) is 3. The molecule has 0 unspecified atom stereocenters. The lowest BCUT2D eigenvalue weighted by atomic mass is 10.2. The second-order valence-electron chi connectivity index (χ2n) is 6.23. The molecule has 3 rings (SSSR count). The van der Waals surface area contributed by atoms with Gasteiger partial charge in [-0.2, -0.15) is 0 Å². The van der Waals surface area contributed by atoms with E-state index in [0.717, 1.165) is 6.26 Å². The molecule has 10 heteroatoms. The quantitative estimate of drug-likeness (QED) is 0.495. The van der Waals surface area contributed by atoms with Crippen LogP contribution >= 0.6 is 0 Å². The first-order valence-corrected chi connectivity index (χ1v) is 10.6. The molecule has 1 aromatic heterocycles. The van der Waals surface area contributed by atoms with Gasteiger partial charge in [0.05, 0.1) is 6.26 Å². The molecule has 0 saturated carbocycles. The van der Waals surface area contributed by atoms with Crippen LogP contribution < -0.4 is 20.3 Å². The Labute approximate surface area is 173 Å². The maximum Gasteiger partial charge on any atom is 0.305 e. The van der Waals surface area contributed by atoms with Crippen LogP contribution in [0, 0.1) is 0 Å². The normalized spacial score (nSPS) is 10.8. The average Bonchev–Trinajstić information content (AvgIpc) is 3.19. The van der Waals surface area contributed by atoms with Gasteiger partial charge >= 0.3 is 5.91 Å². The first-order valence-electron chi connectivity index (χ1n) is 8.75. The summed E-state index contributed by atoms with van der Waals surface area (Å²) in [6, 6.07) is 18.0. The van der Waals surface area contributed by atoms with Gasteiger partial charge in [-0.25, -0.2) is 8.42 Å². The lowest BCUT2D eigenvalue weighted by Gasteiger charge is -2.08. The van der Waals surface area contributed by atoms with Crippen LogP contribution in [-0.4, -0.2) is 26.5 Å². The minimum absolute atomic E-state index is 0.00513. The summed E-state index contributed by atoms with van der Waals surface area (Å²) in [4.78, 5) is 24.4. The number of amides is 2. The summed E-state index contributed by atoms with van der Waals surface area (Å²) in [6.07, 6.45) is 1.00. The Hall–Kier alpha value is -3.79. The van der Waals surface area contributed by atoms with Crippen molar-refractivity contribution in [3.05, 3.63) is 83.8 Å². The first-order chi connectivity index (χ1) is 14.3. The number of hydrazine groups is 1. The van der Waals surface area contributed by atoms with Crippen molar-refractivity contribution in [3.63, 3.8) is 0 Å². The Balaban J connectivity index is 1.53. The summed E-state index contributed by atoms with van der Waals surface area (Å²) in [6.45, 7) is 0.143. The van der Waals surface area contributed by atoms with Crippen molar-refractivity contribution >= 4 is 27.5 Å². The van der Waals surface area contributed by atoms with Crippen molar-refractivity contribution < 1.29 is 27.2 Å². The Morgan fingerprint density at radius 2 is 1.67 bits per heavy atom. The van der Waals surface area contributed by atoms with Crippen molar-refractivity contribution in [1.29, 1.82) is 0 Å². The summed E-state index contributed by atoms with van der Waals surface area (Å²) in [5.74, 6) is -0.177. The van der Waals surface area contributed by atoms with Crippen LogP contribution in [0.15, 0.2) is 71.1 Å². The molecular weight excluding hydrogens is 410 g/mol. The summed E-state index contributed by atoms with van der Waals surface area (Å²) in [7, 11) is -3.48. The van der Waals surface area contributed by atoms with Crippen molar-refractivity contribution in [3.8, 4) is 5.75 Å². The number of hydrogen-bond acceptors (Lipinski definition) is 6. The zero-order chi connectivity index (χ0) is 21.6. The predicted octanol–water partition coefficient (Wildman–Crippen LogP) is 2.30. The summed E-state index contributed by atoms with van der Waals surface area (Å²) in [5.41, 5.74) is 4.87. The first kappa shape index (κ1) is 20.9. The fourth-order valence-electron chi connectivity index (χ4n) is 2.43. The lowest BCUT2D eigenvalue weighted by Crippen LogP contribution is -2.41. The number of para-hydroxylation sites is 1. The van der Waals surface area contributed by atoms with E-state index in [1.807, 2.05) is 18.2 Å². The van der Waals surface area contributed by atoms with Crippen molar-refractivity contribution in [2.24, 2.45) is 0 Å². The van der Waals surface area contributed by atoms with E-state index in [-0.39, 0.29) is 23.6 Å². The zero-order valence-electron chi connectivity index (χ0n) is 15.9. The van der Waals surface area contributed by atoms with Crippen LogP contribution in [-0.2, 0) is 16.6 Å². The van der Waals surface area contributed by atoms with E-state index in [4.69, 9.17) is 9.15 Å². The third-order valence-corrected chi connectivity index (χ3v) is 4.33. The molecule has 156 valence electrons. The number of furan rings is 1. The lowest BCUT2D eigenvalue weighted by molar-refractivity contribution is 0.0828. The van der Waals surface area contributed by atoms with Crippen LogP contribution in [0.25, 0.3) is 0 Å². The number of ether oxygens (including phenoxy) is 1. The van der Waals surface area contributed by atoms with Gasteiger partial charge in [-0.3, -0.25) is 25.2 Å². The van der Waals surface area contributed by atoms with Gasteiger partial charge in [0.1, 0.15) is 18.1 Å². The molecule has 30 heavy (non-hydrogen) atoms. The predicted molar refractivity (Wildman–Crippen MR) is 109 cm³/mol. The van der Waals surface area contributed by atoms with Crippen LogP contribution in [0.4, 0.5) is 5.69 Å². The second-order valence-corrected chi connectivity index (χ2v) is 7.98. The Kier molecular flexibility index (Phi) is 6.38. The van der Waals surface area contributed by atoms with E-state index in [1.165, 1.54) is 30.3 Å². The van der Waals surface area contributed by atoms with E-state index in [0.29, 0.717) is 11.5 Å². The molecule has 0 aliphatic carbocycles. The van der Waals surface area contributed by atoms with Crippen LogP contribution in [0.2, 0.25) is 0 Å². The SMILES string of the molecule is CS(=O)(=O)Nc1cccc(C(=O)NNC(=O)c2ccc(COc3ccccc3)o2)c1. The molecule has 9 nitrogen and oxygen atoms in total. The highest BCUT2D eigenvalue weighted by Crippen LogP contribution is 2.14. The molecule has 3 aromatic rings. The van der Waals surface area contributed by atoms with Gasteiger partial charge in [0.25, 0.3) is 5.91 Å². The third kappa shape index (κ3) is 6.11. The Morgan fingerprint density at radius 3 is 2.40 bits per heavy atom. The number of anilines is 1. The minimum atomic E-state index is -3.48. The number of benzene rings is 2. The van der Waals surface area contributed by atoms with E-state index in [9.17, 15) is 18.0 Å². The third-order valence-electron chi connectivity index (χ3n) is 3.73.